The van der Waals surface area contributed by atoms with Crippen LogP contribution >= 0.6 is 0 Å². The van der Waals surface area contributed by atoms with Crippen LogP contribution in [0.3, 0.4) is 0 Å². The molecule has 0 bridgehead atoms. The van der Waals surface area contributed by atoms with Crippen molar-refractivity contribution < 1.29 is 4.74 Å². The Balaban J connectivity index is 1.80. The van der Waals surface area contributed by atoms with Crippen molar-refractivity contribution >= 4 is 0 Å². The first-order chi connectivity index (χ1) is 9.29. The van der Waals surface area contributed by atoms with Crippen LogP contribution in [0.25, 0.3) is 0 Å². The summed E-state index contributed by atoms with van der Waals surface area (Å²) in [5.41, 5.74) is 2.75. The molecule has 1 unspecified atom stereocenters. The van der Waals surface area contributed by atoms with Crippen molar-refractivity contribution in [1.29, 1.82) is 0 Å². The van der Waals surface area contributed by atoms with Gasteiger partial charge in [-0.25, -0.2) is 0 Å². The van der Waals surface area contributed by atoms with E-state index >= 15 is 0 Å². The Morgan fingerprint density at radius 1 is 1.26 bits per heavy atom. The molecule has 2 rings (SSSR count). The zero-order chi connectivity index (χ0) is 13.5. The molecule has 0 saturated carbocycles. The minimum Gasteiger partial charge on any atom is -0.380 e. The highest BCUT2D eigenvalue weighted by Gasteiger charge is 2.19. The smallest absolute Gasteiger partial charge is 0.0622 e. The summed E-state index contributed by atoms with van der Waals surface area (Å²) < 4.78 is 5.44. The lowest BCUT2D eigenvalue weighted by molar-refractivity contribution is 0.156. The maximum Gasteiger partial charge on any atom is 0.0622 e. The van der Waals surface area contributed by atoms with Gasteiger partial charge in [0.15, 0.2) is 0 Å². The van der Waals surface area contributed by atoms with Crippen molar-refractivity contribution in [2.24, 2.45) is 0 Å². The minimum atomic E-state index is 0.589. The maximum absolute atomic E-state index is 5.44. The molecule has 1 N–H and O–H groups in total. The highest BCUT2D eigenvalue weighted by molar-refractivity contribution is 5.22. The Kier molecular flexibility index (Phi) is 5.83. The highest BCUT2D eigenvalue weighted by Crippen LogP contribution is 2.14. The number of hydrogen-bond donors (Lipinski definition) is 1. The van der Waals surface area contributed by atoms with Crippen molar-refractivity contribution in [3.8, 4) is 0 Å². The van der Waals surface area contributed by atoms with Gasteiger partial charge in [-0.15, -0.1) is 0 Å². The van der Waals surface area contributed by atoms with Crippen LogP contribution in [0, 0.1) is 0 Å². The predicted octanol–water partition coefficient (Wildman–Crippen LogP) is 2.41. The molecule has 1 fully saturated rings. The molecule has 0 aromatic heterocycles. The Bertz CT molecular complexity index is 358. The van der Waals surface area contributed by atoms with Gasteiger partial charge in [0.25, 0.3) is 0 Å². The second-order valence-electron chi connectivity index (χ2n) is 5.43. The third-order valence-corrected chi connectivity index (χ3v) is 3.74. The van der Waals surface area contributed by atoms with Gasteiger partial charge in [-0.2, -0.15) is 0 Å². The van der Waals surface area contributed by atoms with Gasteiger partial charge in [-0.05, 0) is 37.6 Å². The second-order valence-corrected chi connectivity index (χ2v) is 5.43. The SMILES string of the molecule is CCCNCc1ccc(CN(C)C2CCOC2)cc1. The monoisotopic (exact) mass is 262 g/mol. The second kappa shape index (κ2) is 7.63. The lowest BCUT2D eigenvalue weighted by atomic mass is 10.1. The average Bonchev–Trinajstić information content (AvgIpc) is 2.95. The van der Waals surface area contributed by atoms with Crippen LogP contribution < -0.4 is 5.32 Å². The fourth-order valence-electron chi connectivity index (χ4n) is 2.46. The van der Waals surface area contributed by atoms with Crippen LogP contribution in [0.5, 0.6) is 0 Å². The maximum atomic E-state index is 5.44. The lowest BCUT2D eigenvalue weighted by Gasteiger charge is -2.22. The molecule has 0 aliphatic carbocycles. The Labute approximate surface area is 116 Å². The van der Waals surface area contributed by atoms with E-state index < -0.39 is 0 Å². The third-order valence-electron chi connectivity index (χ3n) is 3.74. The van der Waals surface area contributed by atoms with Gasteiger partial charge in [0.05, 0.1) is 6.61 Å². The van der Waals surface area contributed by atoms with Crippen molar-refractivity contribution in [2.45, 2.75) is 38.9 Å². The van der Waals surface area contributed by atoms with Crippen LogP contribution in [0.4, 0.5) is 0 Å². The molecule has 0 radical (unpaired) electrons. The molecule has 106 valence electrons. The number of rotatable bonds is 7. The first-order valence-corrected chi connectivity index (χ1v) is 7.36. The molecule has 1 aromatic rings. The summed E-state index contributed by atoms with van der Waals surface area (Å²) in [6.45, 7) is 7.06. The zero-order valence-corrected chi connectivity index (χ0v) is 12.2. The number of benzene rings is 1. The Morgan fingerprint density at radius 3 is 2.63 bits per heavy atom. The molecule has 0 amide bonds. The summed E-state index contributed by atoms with van der Waals surface area (Å²) >= 11 is 0. The summed E-state index contributed by atoms with van der Waals surface area (Å²) in [5, 5.41) is 3.43. The molecular weight excluding hydrogens is 236 g/mol. The number of likely N-dealkylation sites (N-methyl/N-ethyl adjacent to an activating group) is 1. The first-order valence-electron chi connectivity index (χ1n) is 7.36. The molecule has 1 heterocycles. The van der Waals surface area contributed by atoms with Crippen LogP contribution in [-0.2, 0) is 17.8 Å². The van der Waals surface area contributed by atoms with Gasteiger partial charge in [0, 0.05) is 25.7 Å². The molecule has 1 aromatic carbocycles. The van der Waals surface area contributed by atoms with Gasteiger partial charge in [0.1, 0.15) is 0 Å². The summed E-state index contributed by atoms with van der Waals surface area (Å²) in [5.74, 6) is 0. The van der Waals surface area contributed by atoms with E-state index in [2.05, 4.69) is 48.5 Å². The van der Waals surface area contributed by atoms with Gasteiger partial charge in [-0.1, -0.05) is 31.2 Å². The van der Waals surface area contributed by atoms with Crippen molar-refractivity contribution in [3.05, 3.63) is 35.4 Å². The molecule has 19 heavy (non-hydrogen) atoms. The van der Waals surface area contributed by atoms with E-state index in [9.17, 15) is 0 Å². The number of hydrogen-bond acceptors (Lipinski definition) is 3. The molecule has 3 nitrogen and oxygen atoms in total. The first kappa shape index (κ1) is 14.5. The van der Waals surface area contributed by atoms with E-state index in [4.69, 9.17) is 4.74 Å². The number of ether oxygens (including phenoxy) is 1. The summed E-state index contributed by atoms with van der Waals surface area (Å²) in [6.07, 6.45) is 2.35. The molecular formula is C16H26N2O. The van der Waals surface area contributed by atoms with Crippen molar-refractivity contribution in [2.75, 3.05) is 26.8 Å². The molecule has 1 aliphatic rings. The predicted molar refractivity (Wildman–Crippen MR) is 79.1 cm³/mol. The quantitative estimate of drug-likeness (QED) is 0.764. The van der Waals surface area contributed by atoms with Crippen LogP contribution in [-0.4, -0.2) is 37.7 Å². The van der Waals surface area contributed by atoms with Crippen molar-refractivity contribution in [3.63, 3.8) is 0 Å². The third kappa shape index (κ3) is 4.60. The summed E-state index contributed by atoms with van der Waals surface area (Å²) in [6, 6.07) is 9.55. The normalized spacial score (nSPS) is 19.2. The van der Waals surface area contributed by atoms with Crippen LogP contribution in [0.1, 0.15) is 30.9 Å². The van der Waals surface area contributed by atoms with E-state index in [0.717, 1.165) is 39.3 Å². The van der Waals surface area contributed by atoms with E-state index in [1.165, 1.54) is 17.5 Å². The number of nitrogens with one attached hydrogen (secondary N) is 1. The summed E-state index contributed by atoms with van der Waals surface area (Å²) in [7, 11) is 2.19. The molecule has 1 aliphatic heterocycles. The number of nitrogens with zero attached hydrogens (tertiary/aromatic N) is 1. The van der Waals surface area contributed by atoms with E-state index in [1.807, 2.05) is 0 Å². The molecule has 0 spiro atoms. The topological polar surface area (TPSA) is 24.5 Å². The molecule has 1 saturated heterocycles. The molecule has 3 heteroatoms. The highest BCUT2D eigenvalue weighted by atomic mass is 16.5. The average molecular weight is 262 g/mol. The van der Waals surface area contributed by atoms with Gasteiger partial charge in [-0.3, -0.25) is 4.90 Å². The van der Waals surface area contributed by atoms with E-state index in [0.29, 0.717) is 6.04 Å². The minimum absolute atomic E-state index is 0.589. The van der Waals surface area contributed by atoms with Crippen LogP contribution in [0.2, 0.25) is 0 Å². The Hall–Kier alpha value is -0.900. The Morgan fingerprint density at radius 2 is 2.00 bits per heavy atom. The molecule has 1 atom stereocenters. The van der Waals surface area contributed by atoms with Crippen LogP contribution in [0.15, 0.2) is 24.3 Å². The lowest BCUT2D eigenvalue weighted by Crippen LogP contribution is -2.31. The van der Waals surface area contributed by atoms with E-state index in [1.54, 1.807) is 0 Å². The van der Waals surface area contributed by atoms with E-state index in [-0.39, 0.29) is 0 Å². The van der Waals surface area contributed by atoms with Gasteiger partial charge < -0.3 is 10.1 Å². The zero-order valence-electron chi connectivity index (χ0n) is 12.2. The van der Waals surface area contributed by atoms with Gasteiger partial charge in [0.2, 0.25) is 0 Å². The van der Waals surface area contributed by atoms with Gasteiger partial charge >= 0.3 is 0 Å². The fraction of sp³-hybridized carbons (Fsp3) is 0.625. The van der Waals surface area contributed by atoms with Crippen molar-refractivity contribution in [1.82, 2.24) is 10.2 Å². The summed E-state index contributed by atoms with van der Waals surface area (Å²) in [4.78, 5) is 2.40. The standard InChI is InChI=1S/C16H26N2O/c1-3-9-17-11-14-4-6-15(7-5-14)12-18(2)16-8-10-19-13-16/h4-7,16-17H,3,8-13H2,1-2H3. The fourth-order valence-corrected chi connectivity index (χ4v) is 2.46. The largest absolute Gasteiger partial charge is 0.380 e.